The molecule has 0 radical (unpaired) electrons. The number of aromatic nitrogens is 2. The van der Waals surface area contributed by atoms with Gasteiger partial charge < -0.3 is 9.63 Å². The zero-order valence-electron chi connectivity index (χ0n) is 10.9. The molecular formula is C12H14BrN3O3S. The first-order valence-electron chi connectivity index (χ1n) is 6.11. The number of hydrogen-bond donors (Lipinski definition) is 1. The molecular weight excluding hydrogens is 346 g/mol. The highest BCUT2D eigenvalue weighted by atomic mass is 79.9. The summed E-state index contributed by atoms with van der Waals surface area (Å²) in [5.41, 5.74) is 0. The van der Waals surface area contributed by atoms with E-state index in [0.29, 0.717) is 24.8 Å². The largest absolute Gasteiger partial charge is 0.480 e. The molecule has 2 rings (SSSR count). The molecule has 0 fully saturated rings. The van der Waals surface area contributed by atoms with Crippen LogP contribution in [0.1, 0.15) is 19.2 Å². The number of carboxylic acids is 1. The number of carbonyl (C=O) groups is 1. The fourth-order valence-corrected chi connectivity index (χ4v) is 3.08. The van der Waals surface area contributed by atoms with Crippen LogP contribution < -0.4 is 0 Å². The Morgan fingerprint density at radius 3 is 2.95 bits per heavy atom. The van der Waals surface area contributed by atoms with E-state index in [4.69, 9.17) is 9.63 Å². The van der Waals surface area contributed by atoms with Gasteiger partial charge in [-0.05, 0) is 41.0 Å². The molecule has 0 aliphatic heterocycles. The van der Waals surface area contributed by atoms with E-state index in [1.807, 2.05) is 19.1 Å². The molecule has 0 amide bonds. The summed E-state index contributed by atoms with van der Waals surface area (Å²) in [5, 5.41) is 12.8. The van der Waals surface area contributed by atoms with Gasteiger partial charge in [-0.2, -0.15) is 4.98 Å². The average molecular weight is 360 g/mol. The van der Waals surface area contributed by atoms with Crippen molar-refractivity contribution in [3.05, 3.63) is 21.8 Å². The first-order chi connectivity index (χ1) is 9.58. The van der Waals surface area contributed by atoms with Crippen LogP contribution in [0.2, 0.25) is 0 Å². The Labute approximate surface area is 128 Å². The molecule has 0 aliphatic carbocycles. The topological polar surface area (TPSA) is 79.5 Å². The van der Waals surface area contributed by atoms with E-state index < -0.39 is 5.97 Å². The van der Waals surface area contributed by atoms with Crippen LogP contribution in [0.5, 0.6) is 0 Å². The van der Waals surface area contributed by atoms with Gasteiger partial charge in [0.25, 0.3) is 0 Å². The normalized spacial score (nSPS) is 11.2. The molecule has 1 N–H and O–H groups in total. The van der Waals surface area contributed by atoms with Gasteiger partial charge in [-0.25, -0.2) is 0 Å². The molecule has 0 aliphatic rings. The lowest BCUT2D eigenvalue weighted by molar-refractivity contribution is -0.138. The SMILES string of the molecule is CCCN(CC(=O)O)Cc1nc(-c2ccc(Br)s2)no1. The number of nitrogens with zero attached hydrogens (tertiary/aromatic N) is 3. The molecule has 0 aromatic carbocycles. The lowest BCUT2D eigenvalue weighted by atomic mass is 10.4. The van der Waals surface area contributed by atoms with Gasteiger partial charge in [0.2, 0.25) is 11.7 Å². The van der Waals surface area contributed by atoms with E-state index in [1.54, 1.807) is 4.90 Å². The summed E-state index contributed by atoms with van der Waals surface area (Å²) in [6.07, 6.45) is 0.867. The van der Waals surface area contributed by atoms with Crippen molar-refractivity contribution >= 4 is 33.2 Å². The second-order valence-corrected chi connectivity index (χ2v) is 6.68. The average Bonchev–Trinajstić information content (AvgIpc) is 2.97. The summed E-state index contributed by atoms with van der Waals surface area (Å²) >= 11 is 4.90. The maximum absolute atomic E-state index is 10.8. The van der Waals surface area contributed by atoms with Gasteiger partial charge in [0.1, 0.15) is 0 Å². The van der Waals surface area contributed by atoms with E-state index in [0.717, 1.165) is 15.1 Å². The molecule has 0 spiro atoms. The maximum Gasteiger partial charge on any atom is 0.317 e. The second-order valence-electron chi connectivity index (χ2n) is 4.22. The molecule has 0 saturated heterocycles. The zero-order chi connectivity index (χ0) is 14.5. The van der Waals surface area contributed by atoms with Crippen molar-refractivity contribution in [2.45, 2.75) is 19.9 Å². The van der Waals surface area contributed by atoms with Crippen LogP contribution in [0, 0.1) is 0 Å². The molecule has 2 heterocycles. The lowest BCUT2D eigenvalue weighted by Crippen LogP contribution is -2.30. The van der Waals surface area contributed by atoms with Gasteiger partial charge in [0.05, 0.1) is 21.8 Å². The minimum atomic E-state index is -0.861. The zero-order valence-corrected chi connectivity index (χ0v) is 13.3. The van der Waals surface area contributed by atoms with Crippen LogP contribution in [-0.4, -0.2) is 39.2 Å². The molecule has 0 bridgehead atoms. The molecule has 0 saturated carbocycles. The number of thiophene rings is 1. The Morgan fingerprint density at radius 2 is 2.35 bits per heavy atom. The van der Waals surface area contributed by atoms with Gasteiger partial charge in [-0.3, -0.25) is 9.69 Å². The smallest absolute Gasteiger partial charge is 0.317 e. The summed E-state index contributed by atoms with van der Waals surface area (Å²) < 4.78 is 6.18. The van der Waals surface area contributed by atoms with Crippen LogP contribution in [-0.2, 0) is 11.3 Å². The third-order valence-electron chi connectivity index (χ3n) is 2.52. The van der Waals surface area contributed by atoms with Crippen molar-refractivity contribution in [3.63, 3.8) is 0 Å². The van der Waals surface area contributed by atoms with Crippen molar-refractivity contribution in [3.8, 4) is 10.7 Å². The van der Waals surface area contributed by atoms with E-state index in [1.165, 1.54) is 11.3 Å². The van der Waals surface area contributed by atoms with Crippen LogP contribution >= 0.6 is 27.3 Å². The number of hydrogen-bond acceptors (Lipinski definition) is 6. The van der Waals surface area contributed by atoms with Gasteiger partial charge in [0.15, 0.2) is 0 Å². The van der Waals surface area contributed by atoms with Gasteiger partial charge in [-0.15, -0.1) is 11.3 Å². The molecule has 20 heavy (non-hydrogen) atoms. The fraction of sp³-hybridized carbons (Fsp3) is 0.417. The Morgan fingerprint density at radius 1 is 1.55 bits per heavy atom. The molecule has 2 aromatic rings. The third kappa shape index (κ3) is 4.12. The summed E-state index contributed by atoms with van der Waals surface area (Å²) in [4.78, 5) is 17.8. The van der Waals surface area contributed by atoms with Gasteiger partial charge in [-0.1, -0.05) is 12.1 Å². The Kier molecular flexibility index (Phi) is 5.27. The van der Waals surface area contributed by atoms with Crippen LogP contribution in [0.4, 0.5) is 0 Å². The summed E-state index contributed by atoms with van der Waals surface area (Å²) in [7, 11) is 0. The van der Waals surface area contributed by atoms with Gasteiger partial charge >= 0.3 is 5.97 Å². The fourth-order valence-electron chi connectivity index (χ4n) is 1.77. The van der Waals surface area contributed by atoms with Crippen molar-refractivity contribution < 1.29 is 14.4 Å². The lowest BCUT2D eigenvalue weighted by Gasteiger charge is -2.16. The highest BCUT2D eigenvalue weighted by Crippen LogP contribution is 2.29. The van der Waals surface area contributed by atoms with E-state index in [-0.39, 0.29) is 6.54 Å². The van der Waals surface area contributed by atoms with Crippen LogP contribution in [0.15, 0.2) is 20.4 Å². The van der Waals surface area contributed by atoms with Gasteiger partial charge in [0, 0.05) is 0 Å². The summed E-state index contributed by atoms with van der Waals surface area (Å²) in [6, 6.07) is 3.83. The van der Waals surface area contributed by atoms with Crippen LogP contribution in [0.3, 0.4) is 0 Å². The number of carboxylic acid groups (broad SMARTS) is 1. The van der Waals surface area contributed by atoms with Crippen molar-refractivity contribution in [1.82, 2.24) is 15.0 Å². The second kappa shape index (κ2) is 6.96. The minimum Gasteiger partial charge on any atom is -0.480 e. The van der Waals surface area contributed by atoms with E-state index in [2.05, 4.69) is 26.1 Å². The monoisotopic (exact) mass is 359 g/mol. The molecule has 0 atom stereocenters. The Balaban J connectivity index is 2.05. The molecule has 108 valence electrons. The molecule has 0 unspecified atom stereocenters. The Hall–Kier alpha value is -1.25. The highest BCUT2D eigenvalue weighted by Gasteiger charge is 2.15. The molecule has 2 aromatic heterocycles. The Bertz CT molecular complexity index is 584. The molecule has 8 heteroatoms. The number of aliphatic carboxylic acids is 1. The minimum absolute atomic E-state index is 0.0316. The standard InChI is InChI=1S/C12H14BrN3O3S/c1-2-5-16(7-11(17)18)6-10-14-12(15-19-10)8-3-4-9(13)20-8/h3-4H,2,5-7H2,1H3,(H,17,18). The molecule has 6 nitrogen and oxygen atoms in total. The quantitative estimate of drug-likeness (QED) is 0.818. The first kappa shape index (κ1) is 15.1. The first-order valence-corrected chi connectivity index (χ1v) is 7.72. The summed E-state index contributed by atoms with van der Waals surface area (Å²) in [6.45, 7) is 2.99. The van der Waals surface area contributed by atoms with Crippen molar-refractivity contribution in [2.75, 3.05) is 13.1 Å². The number of rotatable bonds is 7. The summed E-state index contributed by atoms with van der Waals surface area (Å²) in [5.74, 6) is 0.0991. The van der Waals surface area contributed by atoms with Crippen molar-refractivity contribution in [2.24, 2.45) is 0 Å². The van der Waals surface area contributed by atoms with E-state index in [9.17, 15) is 4.79 Å². The van der Waals surface area contributed by atoms with E-state index >= 15 is 0 Å². The third-order valence-corrected chi connectivity index (χ3v) is 4.14. The predicted octanol–water partition coefficient (Wildman–Crippen LogP) is 2.86. The highest BCUT2D eigenvalue weighted by molar-refractivity contribution is 9.11. The predicted molar refractivity (Wildman–Crippen MR) is 78.5 cm³/mol. The maximum atomic E-state index is 10.8. The van der Waals surface area contributed by atoms with Crippen LogP contribution in [0.25, 0.3) is 10.7 Å². The number of halogens is 1. The van der Waals surface area contributed by atoms with Crippen molar-refractivity contribution in [1.29, 1.82) is 0 Å².